The molecule has 2 aliphatic heterocycles. The molecule has 14 heavy (non-hydrogen) atoms. The minimum atomic E-state index is -3.62. The van der Waals surface area contributed by atoms with Crippen LogP contribution in [0.15, 0.2) is 0 Å². The fourth-order valence-electron chi connectivity index (χ4n) is 1.46. The Labute approximate surface area is 76.7 Å². The van der Waals surface area contributed by atoms with Gasteiger partial charge in [0, 0.05) is 0 Å². The van der Waals surface area contributed by atoms with Crippen molar-refractivity contribution in [3.05, 3.63) is 15.8 Å². The molecule has 0 saturated heterocycles. The lowest BCUT2D eigenvalue weighted by atomic mass is 10.4. The van der Waals surface area contributed by atoms with Crippen molar-refractivity contribution in [1.82, 2.24) is 4.68 Å². The first-order valence-corrected chi connectivity index (χ1v) is 5.07. The van der Waals surface area contributed by atoms with E-state index in [2.05, 4.69) is 0 Å². The smallest absolute Gasteiger partial charge is 0.380 e. The van der Waals surface area contributed by atoms with Crippen LogP contribution in [-0.2, 0) is 4.57 Å². The maximum absolute atomic E-state index is 11.4. The van der Waals surface area contributed by atoms with Gasteiger partial charge < -0.3 is 13.6 Å². The molecule has 0 aliphatic carbocycles. The van der Waals surface area contributed by atoms with Gasteiger partial charge in [-0.15, -0.1) is 0 Å². The van der Waals surface area contributed by atoms with Gasteiger partial charge in [-0.05, 0) is 11.6 Å². The minimum Gasteiger partial charge on any atom is -0.380 e. The predicted molar refractivity (Wildman–Crippen MR) is 41.1 cm³/mol. The number of nitro groups is 1. The molecule has 9 heteroatoms. The van der Waals surface area contributed by atoms with E-state index in [-0.39, 0.29) is 23.1 Å². The Kier molecular flexibility index (Phi) is 1.03. The lowest BCUT2D eigenvalue weighted by molar-refractivity contribution is -0.543. The zero-order valence-electron chi connectivity index (χ0n) is 6.79. The first-order valence-electron chi connectivity index (χ1n) is 3.61. The molecular formula is C5H3N2O6P. The molecule has 1 aromatic heterocycles. The van der Waals surface area contributed by atoms with Crippen molar-refractivity contribution in [2.75, 3.05) is 0 Å². The van der Waals surface area contributed by atoms with Crippen molar-refractivity contribution in [3.63, 3.8) is 0 Å². The summed E-state index contributed by atoms with van der Waals surface area (Å²) in [5, 5.41) is 9.92. The summed E-state index contributed by atoms with van der Waals surface area (Å²) in [5.74, 6) is 0.0332. The topological polar surface area (TPSA) is 92.8 Å². The van der Waals surface area contributed by atoms with Crippen LogP contribution in [0, 0.1) is 17.0 Å². The highest BCUT2D eigenvalue weighted by molar-refractivity contribution is 7.50. The number of nitrogens with zero attached hydrogens (tertiary/aromatic N) is 2. The van der Waals surface area contributed by atoms with Crippen LogP contribution in [0.5, 0.6) is 17.4 Å². The van der Waals surface area contributed by atoms with Crippen molar-refractivity contribution in [1.29, 1.82) is 0 Å². The zero-order chi connectivity index (χ0) is 10.1. The molecule has 74 valence electrons. The summed E-state index contributed by atoms with van der Waals surface area (Å²) in [7, 11) is -3.62. The Morgan fingerprint density at radius 3 is 2.50 bits per heavy atom. The average molecular weight is 218 g/mol. The fourth-order valence-corrected chi connectivity index (χ4v) is 2.76. The molecular weight excluding hydrogens is 215 g/mol. The van der Waals surface area contributed by atoms with Gasteiger partial charge in [0.1, 0.15) is 5.69 Å². The number of rotatable bonds is 1. The summed E-state index contributed by atoms with van der Waals surface area (Å²) < 4.78 is 26.4. The zero-order valence-corrected chi connectivity index (χ0v) is 7.69. The molecule has 0 saturated carbocycles. The van der Waals surface area contributed by atoms with Gasteiger partial charge in [0.25, 0.3) is 0 Å². The summed E-state index contributed by atoms with van der Waals surface area (Å²) in [6.45, 7) is 1.46. The minimum absolute atomic E-state index is 0.0579. The summed E-state index contributed by atoms with van der Waals surface area (Å²) in [4.78, 5) is 10.6. The summed E-state index contributed by atoms with van der Waals surface area (Å²) in [6, 6.07) is 0. The number of hydrogen-bond acceptors (Lipinski definition) is 6. The van der Waals surface area contributed by atoms with Crippen molar-refractivity contribution >= 4 is 7.82 Å². The quantitative estimate of drug-likeness (QED) is 0.398. The van der Waals surface area contributed by atoms with Crippen LogP contribution in [0.25, 0.3) is 0 Å². The van der Waals surface area contributed by atoms with E-state index >= 15 is 0 Å². The molecule has 3 heterocycles. The molecule has 1 unspecified atom stereocenters. The molecule has 1 aromatic rings. The van der Waals surface area contributed by atoms with Crippen molar-refractivity contribution < 1.29 is 23.2 Å². The number of phosphoric ester groups is 1. The Morgan fingerprint density at radius 1 is 1.36 bits per heavy atom. The monoisotopic (exact) mass is 218 g/mol. The lowest BCUT2D eigenvalue weighted by Crippen LogP contribution is -2.09. The second-order valence-corrected chi connectivity index (χ2v) is 4.26. The fraction of sp³-hybridized carbons (Fsp3) is 0.200. The van der Waals surface area contributed by atoms with Crippen LogP contribution >= 0.6 is 7.82 Å². The highest BCUT2D eigenvalue weighted by atomic mass is 31.2. The van der Waals surface area contributed by atoms with Gasteiger partial charge in [-0.3, -0.25) is 0 Å². The predicted octanol–water partition coefficient (Wildman–Crippen LogP) is 1.11. The Morgan fingerprint density at radius 2 is 2.00 bits per heavy atom. The first kappa shape index (κ1) is 7.69. The third-order valence-electron chi connectivity index (χ3n) is 2.01. The van der Waals surface area contributed by atoms with Gasteiger partial charge in [-0.25, -0.2) is 10.1 Å². The molecule has 0 aromatic carbocycles. The van der Waals surface area contributed by atoms with Gasteiger partial charge in [0.05, 0.1) is 0 Å². The second kappa shape index (κ2) is 1.88. The molecule has 1 atom stereocenters. The summed E-state index contributed by atoms with van der Waals surface area (Å²) in [6.07, 6.45) is 0. The van der Waals surface area contributed by atoms with Gasteiger partial charge in [0.2, 0.25) is 11.5 Å². The molecule has 0 spiro atoms. The van der Waals surface area contributed by atoms with Crippen LogP contribution in [0.1, 0.15) is 5.69 Å². The Hall–Kier alpha value is -1.69. The molecule has 0 fully saturated rings. The maximum Gasteiger partial charge on any atom is 0.649 e. The Balaban J connectivity index is 2.36. The van der Waals surface area contributed by atoms with E-state index in [1.54, 1.807) is 0 Å². The third kappa shape index (κ3) is 0.642. The van der Waals surface area contributed by atoms with E-state index in [0.717, 1.165) is 0 Å². The van der Waals surface area contributed by atoms with Crippen LogP contribution in [-0.4, -0.2) is 9.71 Å². The summed E-state index contributed by atoms with van der Waals surface area (Å²) in [5.41, 5.74) is 0.204. The first-order chi connectivity index (χ1) is 6.52. The van der Waals surface area contributed by atoms with E-state index in [1.807, 2.05) is 0 Å². The molecule has 2 bridgehead atoms. The normalized spacial score (nSPS) is 25.5. The molecule has 2 aliphatic rings. The van der Waals surface area contributed by atoms with Gasteiger partial charge in [0.15, 0.2) is 5.03 Å². The van der Waals surface area contributed by atoms with Crippen molar-refractivity contribution in [3.8, 4) is 17.4 Å². The Bertz CT molecular complexity index is 519. The van der Waals surface area contributed by atoms with E-state index < -0.39 is 12.9 Å². The van der Waals surface area contributed by atoms with Crippen LogP contribution in [0.2, 0.25) is 0 Å². The number of aromatic nitrogens is 1. The lowest BCUT2D eigenvalue weighted by Gasteiger charge is -2.01. The molecule has 8 nitrogen and oxygen atoms in total. The van der Waals surface area contributed by atoms with E-state index in [4.69, 9.17) is 13.6 Å². The highest BCUT2D eigenvalue weighted by Crippen LogP contribution is 2.70. The van der Waals surface area contributed by atoms with Crippen molar-refractivity contribution in [2.45, 2.75) is 6.92 Å². The van der Waals surface area contributed by atoms with Crippen LogP contribution < -0.4 is 13.6 Å². The highest BCUT2D eigenvalue weighted by Gasteiger charge is 2.56. The average Bonchev–Trinajstić information content (AvgIpc) is 2.58. The largest absolute Gasteiger partial charge is 0.649 e. The number of hydrogen-bond donors (Lipinski definition) is 0. The molecule has 0 N–H and O–H groups in total. The molecule has 3 rings (SSSR count). The van der Waals surface area contributed by atoms with Gasteiger partial charge in [-0.2, -0.15) is 4.57 Å². The van der Waals surface area contributed by atoms with E-state index in [0.29, 0.717) is 4.68 Å². The van der Waals surface area contributed by atoms with Gasteiger partial charge >= 0.3 is 13.7 Å². The van der Waals surface area contributed by atoms with Crippen LogP contribution in [0.3, 0.4) is 0 Å². The third-order valence-corrected chi connectivity index (χ3v) is 3.22. The number of fused-ring (bicyclic) bond motifs is 1. The maximum atomic E-state index is 11.4. The summed E-state index contributed by atoms with van der Waals surface area (Å²) >= 11 is 0. The SMILES string of the molecule is Cc1c2c3c(n1[N+](=O)[O-])OP(=O)(O2)O3. The standard InChI is InChI=1S/C5H3N2O6P/c1-2-3-4-5(6(2)7(8)9)13-14(10,11-3)12-4/h1H3. The van der Waals surface area contributed by atoms with Crippen molar-refractivity contribution in [2.24, 2.45) is 0 Å². The number of phosphoric acid groups is 1. The van der Waals surface area contributed by atoms with E-state index in [9.17, 15) is 14.7 Å². The van der Waals surface area contributed by atoms with Gasteiger partial charge in [-0.1, -0.05) is 0 Å². The van der Waals surface area contributed by atoms with Crippen LogP contribution in [0.4, 0.5) is 0 Å². The molecule has 0 radical (unpaired) electrons. The molecule has 0 amide bonds. The second-order valence-electron chi connectivity index (χ2n) is 2.82. The van der Waals surface area contributed by atoms with E-state index in [1.165, 1.54) is 6.92 Å².